The highest BCUT2D eigenvalue weighted by molar-refractivity contribution is 7.98. The molecule has 0 aliphatic carbocycles. The van der Waals surface area contributed by atoms with Gasteiger partial charge in [-0.1, -0.05) is 66.3 Å². The summed E-state index contributed by atoms with van der Waals surface area (Å²) < 4.78 is 7.03. The smallest absolute Gasteiger partial charge is 0.262 e. The lowest BCUT2D eigenvalue weighted by molar-refractivity contribution is 0.384. The highest BCUT2D eigenvalue weighted by Gasteiger charge is 2.14. The summed E-state index contributed by atoms with van der Waals surface area (Å²) in [5.74, 6) is 1.73. The van der Waals surface area contributed by atoms with Gasteiger partial charge in [-0.25, -0.2) is 4.98 Å². The summed E-state index contributed by atoms with van der Waals surface area (Å²) in [4.78, 5) is 22.2. The Labute approximate surface area is 166 Å². The van der Waals surface area contributed by atoms with Crippen molar-refractivity contribution in [2.75, 3.05) is 0 Å². The average molecular weight is 392 g/mol. The number of nitrogens with zero attached hydrogens (tertiary/aromatic N) is 4. The van der Waals surface area contributed by atoms with E-state index in [9.17, 15) is 4.79 Å². The van der Waals surface area contributed by atoms with Crippen LogP contribution in [-0.2, 0) is 18.7 Å². The van der Waals surface area contributed by atoms with Crippen molar-refractivity contribution in [1.29, 1.82) is 0 Å². The Hall–Kier alpha value is -2.93. The molecule has 28 heavy (non-hydrogen) atoms. The van der Waals surface area contributed by atoms with Gasteiger partial charge in [0.25, 0.3) is 5.56 Å². The van der Waals surface area contributed by atoms with Crippen molar-refractivity contribution in [1.82, 2.24) is 19.7 Å². The van der Waals surface area contributed by atoms with E-state index in [0.717, 1.165) is 18.4 Å². The minimum atomic E-state index is -0.0471. The zero-order chi connectivity index (χ0) is 19.3. The molecule has 2 heterocycles. The SMILES string of the molecule is CCCc1noc(CSc2nc3ccccc3c(=O)n2Cc2ccccc2)n1. The maximum atomic E-state index is 13.1. The number of benzene rings is 2. The predicted molar refractivity (Wildman–Crippen MR) is 109 cm³/mol. The lowest BCUT2D eigenvalue weighted by Gasteiger charge is -2.12. The first kappa shape index (κ1) is 18.4. The zero-order valence-corrected chi connectivity index (χ0v) is 16.4. The molecular weight excluding hydrogens is 372 g/mol. The molecule has 0 aliphatic heterocycles. The quantitative estimate of drug-likeness (QED) is 0.349. The van der Waals surface area contributed by atoms with E-state index in [1.54, 1.807) is 4.57 Å². The fourth-order valence-electron chi connectivity index (χ4n) is 2.96. The molecule has 142 valence electrons. The molecule has 0 aliphatic rings. The predicted octanol–water partition coefficient (Wildman–Crippen LogP) is 4.07. The van der Waals surface area contributed by atoms with Gasteiger partial charge in [0.1, 0.15) is 0 Å². The molecule has 0 unspecified atom stereocenters. The monoisotopic (exact) mass is 392 g/mol. The Morgan fingerprint density at radius 1 is 1.04 bits per heavy atom. The van der Waals surface area contributed by atoms with Gasteiger partial charge in [0, 0.05) is 6.42 Å². The van der Waals surface area contributed by atoms with Crippen LogP contribution in [0.25, 0.3) is 10.9 Å². The summed E-state index contributed by atoms with van der Waals surface area (Å²) in [6, 6.07) is 17.3. The van der Waals surface area contributed by atoms with Crippen molar-refractivity contribution in [3.05, 3.63) is 82.2 Å². The van der Waals surface area contributed by atoms with Gasteiger partial charge in [0.2, 0.25) is 5.89 Å². The molecule has 2 aromatic heterocycles. The van der Waals surface area contributed by atoms with Gasteiger partial charge in [0.15, 0.2) is 11.0 Å². The largest absolute Gasteiger partial charge is 0.338 e. The van der Waals surface area contributed by atoms with Gasteiger partial charge in [-0.3, -0.25) is 9.36 Å². The maximum Gasteiger partial charge on any atom is 0.262 e. The minimum absolute atomic E-state index is 0.0471. The fraction of sp³-hybridized carbons (Fsp3) is 0.238. The first-order valence-electron chi connectivity index (χ1n) is 9.22. The number of aryl methyl sites for hydroxylation is 1. The van der Waals surface area contributed by atoms with Gasteiger partial charge in [0.05, 0.1) is 23.2 Å². The number of rotatable bonds is 7. The van der Waals surface area contributed by atoms with Crippen LogP contribution in [0.4, 0.5) is 0 Å². The van der Waals surface area contributed by atoms with E-state index in [-0.39, 0.29) is 5.56 Å². The minimum Gasteiger partial charge on any atom is -0.338 e. The summed E-state index contributed by atoms with van der Waals surface area (Å²) in [6.45, 7) is 2.54. The molecule has 0 atom stereocenters. The molecule has 2 aromatic carbocycles. The van der Waals surface area contributed by atoms with Crippen LogP contribution in [-0.4, -0.2) is 19.7 Å². The molecule has 0 N–H and O–H groups in total. The molecule has 4 rings (SSSR count). The van der Waals surface area contributed by atoms with Crippen molar-refractivity contribution >= 4 is 22.7 Å². The Bertz CT molecular complexity index is 1140. The molecule has 6 nitrogen and oxygen atoms in total. The van der Waals surface area contributed by atoms with Crippen LogP contribution in [0.2, 0.25) is 0 Å². The van der Waals surface area contributed by atoms with Crippen molar-refractivity contribution in [2.24, 2.45) is 0 Å². The molecule has 0 spiro atoms. The van der Waals surface area contributed by atoms with Crippen molar-refractivity contribution in [3.8, 4) is 0 Å². The number of para-hydroxylation sites is 1. The van der Waals surface area contributed by atoms with Gasteiger partial charge < -0.3 is 4.52 Å². The van der Waals surface area contributed by atoms with E-state index < -0.39 is 0 Å². The highest BCUT2D eigenvalue weighted by Crippen LogP contribution is 2.22. The number of thioether (sulfide) groups is 1. The molecule has 0 amide bonds. The zero-order valence-electron chi connectivity index (χ0n) is 15.5. The number of fused-ring (bicyclic) bond motifs is 1. The van der Waals surface area contributed by atoms with Crippen LogP contribution >= 0.6 is 11.8 Å². The molecule has 4 aromatic rings. The highest BCUT2D eigenvalue weighted by atomic mass is 32.2. The third-order valence-electron chi connectivity index (χ3n) is 4.32. The maximum absolute atomic E-state index is 13.1. The first-order valence-corrected chi connectivity index (χ1v) is 10.2. The molecule has 0 saturated carbocycles. The molecular formula is C21H20N4O2S. The fourth-order valence-corrected chi connectivity index (χ4v) is 3.80. The van der Waals surface area contributed by atoms with Crippen molar-refractivity contribution < 1.29 is 4.52 Å². The van der Waals surface area contributed by atoms with E-state index in [2.05, 4.69) is 17.1 Å². The van der Waals surface area contributed by atoms with E-state index in [4.69, 9.17) is 9.51 Å². The second-order valence-electron chi connectivity index (χ2n) is 6.43. The lowest BCUT2D eigenvalue weighted by atomic mass is 10.2. The average Bonchev–Trinajstić information content (AvgIpc) is 3.17. The number of aromatic nitrogens is 4. The molecule has 0 fully saturated rings. The van der Waals surface area contributed by atoms with Crippen LogP contribution < -0.4 is 5.56 Å². The van der Waals surface area contributed by atoms with Gasteiger partial charge >= 0.3 is 0 Å². The Morgan fingerprint density at radius 2 is 1.82 bits per heavy atom. The molecule has 0 radical (unpaired) electrons. The van der Waals surface area contributed by atoms with Crippen LogP contribution in [0.3, 0.4) is 0 Å². The summed E-state index contributed by atoms with van der Waals surface area (Å²) in [6.07, 6.45) is 1.76. The van der Waals surface area contributed by atoms with Crippen LogP contribution in [0, 0.1) is 0 Å². The lowest BCUT2D eigenvalue weighted by Crippen LogP contribution is -2.24. The third kappa shape index (κ3) is 3.99. The van der Waals surface area contributed by atoms with E-state index >= 15 is 0 Å². The topological polar surface area (TPSA) is 73.8 Å². The third-order valence-corrected chi connectivity index (χ3v) is 5.28. The summed E-state index contributed by atoms with van der Waals surface area (Å²) in [7, 11) is 0. The Kier molecular flexibility index (Phi) is 5.53. The van der Waals surface area contributed by atoms with Crippen LogP contribution in [0.15, 0.2) is 69.1 Å². The second-order valence-corrected chi connectivity index (χ2v) is 7.37. The standard InChI is InChI=1S/C21H20N4O2S/c1-2-8-18-23-19(27-24-18)14-28-21-22-17-12-7-6-11-16(17)20(26)25(21)13-15-9-4-3-5-10-15/h3-7,9-12H,2,8,13-14H2,1H3. The normalized spacial score (nSPS) is 11.2. The molecule has 0 bridgehead atoms. The summed E-state index contributed by atoms with van der Waals surface area (Å²) in [5, 5.41) is 5.25. The van der Waals surface area contributed by atoms with E-state index in [1.807, 2.05) is 54.6 Å². The summed E-state index contributed by atoms with van der Waals surface area (Å²) >= 11 is 1.44. The number of hydrogen-bond donors (Lipinski definition) is 0. The molecule has 7 heteroatoms. The molecule has 0 saturated heterocycles. The van der Waals surface area contributed by atoms with E-state index in [0.29, 0.717) is 40.1 Å². The van der Waals surface area contributed by atoms with Crippen LogP contribution in [0.1, 0.15) is 30.6 Å². The Morgan fingerprint density at radius 3 is 2.64 bits per heavy atom. The van der Waals surface area contributed by atoms with E-state index in [1.165, 1.54) is 11.8 Å². The van der Waals surface area contributed by atoms with Gasteiger partial charge in [-0.2, -0.15) is 4.98 Å². The van der Waals surface area contributed by atoms with Gasteiger partial charge in [-0.05, 0) is 24.1 Å². The second kappa shape index (κ2) is 8.39. The first-order chi connectivity index (χ1) is 13.7. The van der Waals surface area contributed by atoms with Gasteiger partial charge in [-0.15, -0.1) is 0 Å². The van der Waals surface area contributed by atoms with Crippen LogP contribution in [0.5, 0.6) is 0 Å². The summed E-state index contributed by atoms with van der Waals surface area (Å²) in [5.41, 5.74) is 1.69. The Balaban J connectivity index is 1.68. The van der Waals surface area contributed by atoms with Crippen molar-refractivity contribution in [3.63, 3.8) is 0 Å². The number of hydrogen-bond acceptors (Lipinski definition) is 6. The van der Waals surface area contributed by atoms with Crippen molar-refractivity contribution in [2.45, 2.75) is 37.2 Å².